The number of fused-ring (bicyclic) bond motifs is 1. The van der Waals surface area contributed by atoms with E-state index in [1.807, 2.05) is 54.7 Å². The Morgan fingerprint density at radius 2 is 2.00 bits per heavy atom. The van der Waals surface area contributed by atoms with Gasteiger partial charge in [0, 0.05) is 36.5 Å². The number of aromatic amines is 1. The molecule has 1 aliphatic rings. The summed E-state index contributed by atoms with van der Waals surface area (Å²) in [5.74, 6) is 0.650. The number of ether oxygens (including phenoxy) is 1. The lowest BCUT2D eigenvalue weighted by atomic mass is 9.85. The van der Waals surface area contributed by atoms with E-state index < -0.39 is 5.54 Å². The van der Waals surface area contributed by atoms with Crippen molar-refractivity contribution in [2.75, 3.05) is 13.7 Å². The van der Waals surface area contributed by atoms with Crippen molar-refractivity contribution in [2.45, 2.75) is 44.1 Å². The quantitative estimate of drug-likeness (QED) is 0.548. The smallest absolute Gasteiger partial charge is 0.246 e. The van der Waals surface area contributed by atoms with Crippen LogP contribution >= 0.6 is 0 Å². The molecule has 1 aromatic heterocycles. The van der Waals surface area contributed by atoms with Gasteiger partial charge in [-0.3, -0.25) is 9.59 Å². The van der Waals surface area contributed by atoms with Crippen LogP contribution in [-0.4, -0.2) is 36.0 Å². The molecule has 1 aliphatic heterocycles. The Morgan fingerprint density at radius 3 is 2.81 bits per heavy atom. The highest BCUT2D eigenvalue weighted by atomic mass is 16.5. The van der Waals surface area contributed by atoms with Crippen LogP contribution in [0.1, 0.15) is 36.8 Å². The van der Waals surface area contributed by atoms with Crippen molar-refractivity contribution in [3.63, 3.8) is 0 Å². The number of hydrogen-bond donors (Lipinski definition) is 3. The Kier molecular flexibility index (Phi) is 6.26. The van der Waals surface area contributed by atoms with Gasteiger partial charge in [-0.1, -0.05) is 36.8 Å². The number of benzene rings is 2. The monoisotopic (exact) mass is 419 g/mol. The first-order chi connectivity index (χ1) is 15.1. The molecule has 2 amide bonds. The lowest BCUT2D eigenvalue weighted by Gasteiger charge is -2.32. The Bertz CT molecular complexity index is 1060. The van der Waals surface area contributed by atoms with Gasteiger partial charge < -0.3 is 20.4 Å². The van der Waals surface area contributed by atoms with E-state index in [4.69, 9.17) is 4.74 Å². The summed E-state index contributed by atoms with van der Waals surface area (Å²) in [6.45, 7) is 0.495. The maximum Gasteiger partial charge on any atom is 0.246 e. The maximum atomic E-state index is 13.4. The minimum Gasteiger partial charge on any atom is -0.497 e. The van der Waals surface area contributed by atoms with Gasteiger partial charge in [0.2, 0.25) is 11.8 Å². The lowest BCUT2D eigenvalue weighted by molar-refractivity contribution is -0.133. The van der Waals surface area contributed by atoms with Gasteiger partial charge in [0.1, 0.15) is 11.3 Å². The van der Waals surface area contributed by atoms with Crippen molar-refractivity contribution < 1.29 is 14.3 Å². The molecule has 1 atom stereocenters. The molecule has 1 fully saturated rings. The summed E-state index contributed by atoms with van der Waals surface area (Å²) < 4.78 is 5.34. The van der Waals surface area contributed by atoms with Gasteiger partial charge >= 0.3 is 0 Å². The van der Waals surface area contributed by atoms with Gasteiger partial charge in [-0.05, 0) is 48.6 Å². The standard InChI is InChI=1S/C25H29N3O3/c1-31-20-10-11-22-21(15-20)19(17-27-22)12-14-26-24(30)25(13-6-5-9-23(29)28-25)16-18-7-3-2-4-8-18/h2-4,7-8,10-11,15,17,27H,5-6,9,12-14,16H2,1H3,(H,26,30)(H,28,29). The average Bonchev–Trinajstić information content (AvgIpc) is 3.08. The van der Waals surface area contributed by atoms with Gasteiger partial charge in [0.05, 0.1) is 7.11 Å². The van der Waals surface area contributed by atoms with Gasteiger partial charge in [0.25, 0.3) is 0 Å². The van der Waals surface area contributed by atoms with Crippen LogP contribution in [0.4, 0.5) is 0 Å². The molecule has 0 radical (unpaired) electrons. The highest BCUT2D eigenvalue weighted by molar-refractivity contribution is 5.92. The molecule has 2 aromatic carbocycles. The first-order valence-corrected chi connectivity index (χ1v) is 10.9. The SMILES string of the molecule is COc1ccc2[nH]cc(CCNC(=O)C3(Cc4ccccc4)CCCCC(=O)N3)c2c1. The molecular weight excluding hydrogens is 390 g/mol. The number of hydrogen-bond acceptors (Lipinski definition) is 3. The normalized spacial score (nSPS) is 18.9. The first kappa shape index (κ1) is 21.0. The zero-order valence-corrected chi connectivity index (χ0v) is 17.9. The topological polar surface area (TPSA) is 83.2 Å². The first-order valence-electron chi connectivity index (χ1n) is 10.9. The Labute approximate surface area is 182 Å². The molecule has 2 heterocycles. The van der Waals surface area contributed by atoms with Crippen molar-refractivity contribution in [3.05, 3.63) is 65.9 Å². The number of carbonyl (C=O) groups excluding carboxylic acids is 2. The molecule has 6 nitrogen and oxygen atoms in total. The number of nitrogens with one attached hydrogen (secondary N) is 3. The fraction of sp³-hybridized carbons (Fsp3) is 0.360. The zero-order chi connectivity index (χ0) is 21.7. The predicted molar refractivity (Wildman–Crippen MR) is 121 cm³/mol. The minimum absolute atomic E-state index is 0.0488. The van der Waals surface area contributed by atoms with Crippen molar-refractivity contribution >= 4 is 22.7 Å². The van der Waals surface area contributed by atoms with Gasteiger partial charge in [-0.25, -0.2) is 0 Å². The van der Waals surface area contributed by atoms with Crippen LogP contribution in [0.3, 0.4) is 0 Å². The Balaban J connectivity index is 1.48. The van der Waals surface area contributed by atoms with Crippen molar-refractivity contribution in [1.82, 2.24) is 15.6 Å². The van der Waals surface area contributed by atoms with Crippen LogP contribution in [0.2, 0.25) is 0 Å². The fourth-order valence-electron chi connectivity index (χ4n) is 4.40. The van der Waals surface area contributed by atoms with Crippen LogP contribution in [0.5, 0.6) is 5.75 Å². The molecule has 4 rings (SSSR count). The van der Waals surface area contributed by atoms with Crippen LogP contribution < -0.4 is 15.4 Å². The van der Waals surface area contributed by atoms with E-state index in [9.17, 15) is 9.59 Å². The second kappa shape index (κ2) is 9.25. The van der Waals surface area contributed by atoms with E-state index in [2.05, 4.69) is 15.6 Å². The summed E-state index contributed by atoms with van der Waals surface area (Å²) in [6.07, 6.45) is 5.94. The van der Waals surface area contributed by atoms with Gasteiger partial charge in [-0.15, -0.1) is 0 Å². The molecule has 0 spiro atoms. The summed E-state index contributed by atoms with van der Waals surface area (Å²) in [5.41, 5.74) is 2.30. The van der Waals surface area contributed by atoms with Crippen LogP contribution in [-0.2, 0) is 22.4 Å². The largest absolute Gasteiger partial charge is 0.497 e. The van der Waals surface area contributed by atoms with Crippen LogP contribution in [0.25, 0.3) is 10.9 Å². The Hall–Kier alpha value is -3.28. The predicted octanol–water partition coefficient (Wildman–Crippen LogP) is 3.51. The molecular formula is C25H29N3O3. The molecule has 1 unspecified atom stereocenters. The van der Waals surface area contributed by atoms with E-state index >= 15 is 0 Å². The highest BCUT2D eigenvalue weighted by Crippen LogP contribution is 2.26. The summed E-state index contributed by atoms with van der Waals surface area (Å²) in [4.78, 5) is 29.0. The third-order valence-electron chi connectivity index (χ3n) is 6.07. The molecule has 3 N–H and O–H groups in total. The van der Waals surface area contributed by atoms with E-state index in [-0.39, 0.29) is 11.8 Å². The van der Waals surface area contributed by atoms with Gasteiger partial charge in [0.15, 0.2) is 0 Å². The zero-order valence-electron chi connectivity index (χ0n) is 17.9. The number of carbonyl (C=O) groups is 2. The second-order valence-corrected chi connectivity index (χ2v) is 8.23. The lowest BCUT2D eigenvalue weighted by Crippen LogP contribution is -2.59. The number of H-pyrrole nitrogens is 1. The Morgan fingerprint density at radius 1 is 1.16 bits per heavy atom. The molecule has 3 aromatic rings. The number of rotatable bonds is 7. The fourth-order valence-corrected chi connectivity index (χ4v) is 4.40. The molecule has 0 aliphatic carbocycles. The summed E-state index contributed by atoms with van der Waals surface area (Å²) in [7, 11) is 1.65. The molecule has 31 heavy (non-hydrogen) atoms. The van der Waals surface area contributed by atoms with E-state index in [1.165, 1.54) is 0 Å². The molecule has 0 bridgehead atoms. The van der Waals surface area contributed by atoms with E-state index in [1.54, 1.807) is 7.11 Å². The van der Waals surface area contributed by atoms with Crippen LogP contribution in [0.15, 0.2) is 54.7 Å². The van der Waals surface area contributed by atoms with Crippen molar-refractivity contribution in [1.29, 1.82) is 0 Å². The number of amides is 2. The van der Waals surface area contributed by atoms with Crippen molar-refractivity contribution in [2.24, 2.45) is 0 Å². The van der Waals surface area contributed by atoms with E-state index in [0.717, 1.165) is 40.6 Å². The number of methoxy groups -OCH3 is 1. The minimum atomic E-state index is -0.904. The molecule has 6 heteroatoms. The molecule has 1 saturated heterocycles. The third kappa shape index (κ3) is 4.74. The number of aromatic nitrogens is 1. The third-order valence-corrected chi connectivity index (χ3v) is 6.07. The maximum absolute atomic E-state index is 13.4. The summed E-state index contributed by atoms with van der Waals surface area (Å²) in [6, 6.07) is 15.8. The summed E-state index contributed by atoms with van der Waals surface area (Å²) in [5, 5.41) is 7.24. The van der Waals surface area contributed by atoms with Gasteiger partial charge in [-0.2, -0.15) is 0 Å². The average molecular weight is 420 g/mol. The molecule has 0 saturated carbocycles. The second-order valence-electron chi connectivity index (χ2n) is 8.23. The van der Waals surface area contributed by atoms with Crippen molar-refractivity contribution in [3.8, 4) is 5.75 Å². The van der Waals surface area contributed by atoms with Crippen LogP contribution in [0, 0.1) is 0 Å². The highest BCUT2D eigenvalue weighted by Gasteiger charge is 2.40. The molecule has 162 valence electrons. The summed E-state index contributed by atoms with van der Waals surface area (Å²) >= 11 is 0. The van der Waals surface area contributed by atoms with E-state index in [0.29, 0.717) is 32.2 Å².